The fraction of sp³-hybridized carbons (Fsp3) is 0.625. The fourth-order valence-corrected chi connectivity index (χ4v) is 4.04. The summed E-state index contributed by atoms with van der Waals surface area (Å²) in [5.74, 6) is 0.969. The van der Waals surface area contributed by atoms with Crippen LogP contribution in [0, 0.1) is 5.92 Å². The van der Waals surface area contributed by atoms with Gasteiger partial charge in [-0.15, -0.1) is 0 Å². The fourth-order valence-electron chi connectivity index (χ4n) is 2.91. The standard InChI is InChI=1S/C16H26N4O3S/c1-13(21)18-16-12-15(6-9-17-16)5-4-14-7-10-20(11-8-14)24(22,23)19(2)3/h6,9,12,14H,4-5,7-8,10-11H2,1-3H3,(H,17,18,21). The third-order valence-electron chi connectivity index (χ3n) is 4.33. The van der Waals surface area contributed by atoms with E-state index in [1.165, 1.54) is 11.2 Å². The van der Waals surface area contributed by atoms with Crippen LogP contribution in [-0.2, 0) is 21.4 Å². The summed E-state index contributed by atoms with van der Waals surface area (Å²) in [6, 6.07) is 3.85. The van der Waals surface area contributed by atoms with Crippen molar-refractivity contribution in [3.8, 4) is 0 Å². The summed E-state index contributed by atoms with van der Waals surface area (Å²) in [7, 11) is -0.155. The highest BCUT2D eigenvalue weighted by Gasteiger charge is 2.29. The first-order valence-electron chi connectivity index (χ1n) is 8.19. The first-order valence-corrected chi connectivity index (χ1v) is 9.59. The number of aryl methyl sites for hydroxylation is 1. The Morgan fingerprint density at radius 3 is 2.62 bits per heavy atom. The maximum absolute atomic E-state index is 12.1. The molecule has 1 aromatic rings. The molecule has 0 saturated carbocycles. The largest absolute Gasteiger partial charge is 0.311 e. The second kappa shape index (κ2) is 8.04. The van der Waals surface area contributed by atoms with Gasteiger partial charge in [-0.25, -0.2) is 4.98 Å². The van der Waals surface area contributed by atoms with Crippen molar-refractivity contribution in [3.05, 3.63) is 23.9 Å². The van der Waals surface area contributed by atoms with Crippen LogP contribution in [0.1, 0.15) is 31.7 Å². The van der Waals surface area contributed by atoms with E-state index in [-0.39, 0.29) is 5.91 Å². The maximum atomic E-state index is 12.1. The molecule has 1 aliphatic rings. The van der Waals surface area contributed by atoms with E-state index >= 15 is 0 Å². The number of aromatic nitrogens is 1. The van der Waals surface area contributed by atoms with E-state index in [0.29, 0.717) is 24.8 Å². The molecule has 24 heavy (non-hydrogen) atoms. The van der Waals surface area contributed by atoms with Gasteiger partial charge in [0.05, 0.1) is 0 Å². The van der Waals surface area contributed by atoms with Gasteiger partial charge < -0.3 is 5.32 Å². The van der Waals surface area contributed by atoms with Crippen molar-refractivity contribution in [1.82, 2.24) is 13.6 Å². The van der Waals surface area contributed by atoms with Crippen molar-refractivity contribution in [1.29, 1.82) is 0 Å². The van der Waals surface area contributed by atoms with E-state index in [4.69, 9.17) is 0 Å². The van der Waals surface area contributed by atoms with E-state index in [9.17, 15) is 13.2 Å². The molecule has 0 atom stereocenters. The van der Waals surface area contributed by atoms with Gasteiger partial charge in [-0.1, -0.05) is 0 Å². The number of nitrogens with zero attached hydrogens (tertiary/aromatic N) is 3. The van der Waals surface area contributed by atoms with E-state index in [1.807, 2.05) is 12.1 Å². The number of amides is 1. The smallest absolute Gasteiger partial charge is 0.281 e. The Bertz CT molecular complexity index is 668. The van der Waals surface area contributed by atoms with E-state index in [1.54, 1.807) is 24.6 Å². The van der Waals surface area contributed by atoms with Gasteiger partial charge in [-0.2, -0.15) is 17.0 Å². The minimum Gasteiger partial charge on any atom is -0.311 e. The molecule has 2 rings (SSSR count). The summed E-state index contributed by atoms with van der Waals surface area (Å²) >= 11 is 0. The van der Waals surface area contributed by atoms with Crippen molar-refractivity contribution in [2.75, 3.05) is 32.5 Å². The molecule has 0 aromatic carbocycles. The monoisotopic (exact) mass is 354 g/mol. The van der Waals surface area contributed by atoms with Crippen LogP contribution < -0.4 is 5.32 Å². The molecule has 7 nitrogen and oxygen atoms in total. The zero-order valence-corrected chi connectivity index (χ0v) is 15.3. The second-order valence-corrected chi connectivity index (χ2v) is 8.54. The van der Waals surface area contributed by atoms with Crippen molar-refractivity contribution in [2.24, 2.45) is 5.92 Å². The second-order valence-electron chi connectivity index (χ2n) is 6.40. The van der Waals surface area contributed by atoms with Crippen molar-refractivity contribution in [2.45, 2.75) is 32.6 Å². The number of carbonyl (C=O) groups is 1. The van der Waals surface area contributed by atoms with Crippen LogP contribution in [0.4, 0.5) is 5.82 Å². The Balaban J connectivity index is 1.84. The molecule has 134 valence electrons. The number of hydrogen-bond donors (Lipinski definition) is 1. The number of piperidine rings is 1. The summed E-state index contributed by atoms with van der Waals surface area (Å²) in [5, 5.41) is 2.69. The molecule has 0 bridgehead atoms. The van der Waals surface area contributed by atoms with Crippen LogP contribution >= 0.6 is 0 Å². The predicted molar refractivity (Wildman–Crippen MR) is 93.8 cm³/mol. The van der Waals surface area contributed by atoms with Crippen LogP contribution in [0.3, 0.4) is 0 Å². The van der Waals surface area contributed by atoms with E-state index in [0.717, 1.165) is 31.2 Å². The number of rotatable bonds is 6. The molecule has 0 aliphatic carbocycles. The lowest BCUT2D eigenvalue weighted by atomic mass is 9.91. The quantitative estimate of drug-likeness (QED) is 0.839. The van der Waals surface area contributed by atoms with Crippen LogP contribution in [0.25, 0.3) is 0 Å². The Labute approximate surface area is 144 Å². The molecule has 0 unspecified atom stereocenters. The molecule has 8 heteroatoms. The number of carbonyl (C=O) groups excluding carboxylic acids is 1. The molecule has 0 spiro atoms. The number of hydrogen-bond acceptors (Lipinski definition) is 4. The highest BCUT2D eigenvalue weighted by Crippen LogP contribution is 2.24. The Morgan fingerprint density at radius 1 is 1.38 bits per heavy atom. The number of anilines is 1. The van der Waals surface area contributed by atoms with Gasteiger partial charge in [0.15, 0.2) is 0 Å². The third-order valence-corrected chi connectivity index (χ3v) is 6.27. The molecule has 1 N–H and O–H groups in total. The average molecular weight is 354 g/mol. The Morgan fingerprint density at radius 2 is 2.04 bits per heavy atom. The average Bonchev–Trinajstić information content (AvgIpc) is 2.53. The van der Waals surface area contributed by atoms with Crippen LogP contribution in [0.5, 0.6) is 0 Å². The predicted octanol–water partition coefficient (Wildman–Crippen LogP) is 1.49. The summed E-state index contributed by atoms with van der Waals surface area (Å²) in [5.41, 5.74) is 1.14. The first kappa shape index (κ1) is 18.8. The minimum absolute atomic E-state index is 0.130. The van der Waals surface area contributed by atoms with Crippen molar-refractivity contribution in [3.63, 3.8) is 0 Å². The Hall–Kier alpha value is -1.51. The summed E-state index contributed by atoms with van der Waals surface area (Å²) < 4.78 is 27.0. The zero-order chi connectivity index (χ0) is 17.7. The van der Waals surface area contributed by atoms with E-state index in [2.05, 4.69) is 10.3 Å². The first-order chi connectivity index (χ1) is 11.3. The van der Waals surface area contributed by atoms with Crippen molar-refractivity contribution >= 4 is 21.9 Å². The molecule has 1 aromatic heterocycles. The van der Waals surface area contributed by atoms with Gasteiger partial charge in [0, 0.05) is 40.3 Å². The van der Waals surface area contributed by atoms with Gasteiger partial charge in [0.25, 0.3) is 10.2 Å². The van der Waals surface area contributed by atoms with Gasteiger partial charge in [0.2, 0.25) is 5.91 Å². The summed E-state index contributed by atoms with van der Waals surface area (Å²) in [4.78, 5) is 15.2. The molecule has 2 heterocycles. The van der Waals surface area contributed by atoms with Gasteiger partial charge in [-0.05, 0) is 49.3 Å². The summed E-state index contributed by atoms with van der Waals surface area (Å²) in [6.07, 6.45) is 5.39. The van der Waals surface area contributed by atoms with Crippen LogP contribution in [0.2, 0.25) is 0 Å². The normalized spacial score (nSPS) is 17.2. The topological polar surface area (TPSA) is 82.6 Å². The lowest BCUT2D eigenvalue weighted by Gasteiger charge is -2.32. The van der Waals surface area contributed by atoms with Gasteiger partial charge in [0.1, 0.15) is 5.82 Å². The van der Waals surface area contributed by atoms with Crippen LogP contribution in [0.15, 0.2) is 18.3 Å². The number of pyridine rings is 1. The highest BCUT2D eigenvalue weighted by molar-refractivity contribution is 7.86. The molecule has 1 fully saturated rings. The highest BCUT2D eigenvalue weighted by atomic mass is 32.2. The minimum atomic E-state index is -3.29. The molecule has 1 amide bonds. The molecular formula is C16H26N4O3S. The van der Waals surface area contributed by atoms with Gasteiger partial charge >= 0.3 is 0 Å². The summed E-state index contributed by atoms with van der Waals surface area (Å²) in [6.45, 7) is 2.63. The lowest BCUT2D eigenvalue weighted by molar-refractivity contribution is -0.114. The van der Waals surface area contributed by atoms with Crippen LogP contribution in [-0.4, -0.2) is 55.1 Å². The third kappa shape index (κ3) is 4.99. The van der Waals surface area contributed by atoms with E-state index < -0.39 is 10.2 Å². The molecule has 0 radical (unpaired) electrons. The van der Waals surface area contributed by atoms with Crippen molar-refractivity contribution < 1.29 is 13.2 Å². The molecular weight excluding hydrogens is 328 g/mol. The maximum Gasteiger partial charge on any atom is 0.281 e. The number of nitrogens with one attached hydrogen (secondary N) is 1. The molecule has 1 aliphatic heterocycles. The Kier molecular flexibility index (Phi) is 6.31. The molecule has 1 saturated heterocycles. The SMILES string of the molecule is CC(=O)Nc1cc(CCC2CCN(S(=O)(=O)N(C)C)CC2)ccn1. The lowest BCUT2D eigenvalue weighted by Crippen LogP contribution is -2.44. The zero-order valence-electron chi connectivity index (χ0n) is 14.5. The van der Waals surface area contributed by atoms with Gasteiger partial charge in [-0.3, -0.25) is 4.79 Å².